The van der Waals surface area contributed by atoms with E-state index in [1.807, 2.05) is 6.07 Å². The van der Waals surface area contributed by atoms with Crippen LogP contribution in [0.15, 0.2) is 18.2 Å². The summed E-state index contributed by atoms with van der Waals surface area (Å²) in [4.78, 5) is 40.7. The lowest BCUT2D eigenvalue weighted by atomic mass is 9.84. The summed E-state index contributed by atoms with van der Waals surface area (Å²) in [5, 5.41) is 5.90. The fraction of sp³-hybridized carbons (Fsp3) is 0.591. The maximum atomic E-state index is 12.9. The zero-order chi connectivity index (χ0) is 20.0. The van der Waals surface area contributed by atoms with Crippen LogP contribution in [-0.2, 0) is 22.7 Å². The lowest BCUT2D eigenvalue weighted by molar-refractivity contribution is -0.136. The number of likely N-dealkylation sites (tertiary alicyclic amines) is 1. The Labute approximate surface area is 170 Å². The van der Waals surface area contributed by atoms with E-state index in [9.17, 15) is 14.4 Å². The molecule has 29 heavy (non-hydrogen) atoms. The molecule has 0 aliphatic carbocycles. The van der Waals surface area contributed by atoms with Crippen LogP contribution in [0.25, 0.3) is 0 Å². The van der Waals surface area contributed by atoms with E-state index in [1.54, 1.807) is 4.90 Å². The standard InChI is InChI=1S/C22H28N4O3/c27-20-6-5-18(21(28)24-20)26-13-16-10-14(3-4-17(16)22(26)29)12-25-9-1-2-15-7-8-23-11-19(15)25/h3-4,10,15,18-19,23H,1-2,5-9,11-13H2,(H,24,27,28). The van der Waals surface area contributed by atoms with Crippen molar-refractivity contribution in [3.63, 3.8) is 0 Å². The molecule has 3 unspecified atom stereocenters. The van der Waals surface area contributed by atoms with Gasteiger partial charge >= 0.3 is 0 Å². The number of benzene rings is 1. The summed E-state index contributed by atoms with van der Waals surface area (Å²) in [5.41, 5.74) is 2.91. The van der Waals surface area contributed by atoms with E-state index in [1.165, 1.54) is 24.8 Å². The Bertz CT molecular complexity index is 852. The molecule has 1 aromatic carbocycles. The van der Waals surface area contributed by atoms with Crippen LogP contribution in [0.2, 0.25) is 0 Å². The van der Waals surface area contributed by atoms with Gasteiger partial charge in [0, 0.05) is 37.7 Å². The van der Waals surface area contributed by atoms with Crippen molar-refractivity contribution < 1.29 is 14.4 Å². The van der Waals surface area contributed by atoms with E-state index >= 15 is 0 Å². The van der Waals surface area contributed by atoms with Gasteiger partial charge in [0.05, 0.1) is 0 Å². The minimum Gasteiger partial charge on any atom is -0.322 e. The SMILES string of the molecule is O=C1CCC(N2Cc3cc(CN4CCCC5CCNCC54)ccc3C2=O)C(=O)N1. The lowest BCUT2D eigenvalue weighted by Gasteiger charge is -2.44. The highest BCUT2D eigenvalue weighted by molar-refractivity contribution is 6.05. The number of imide groups is 1. The van der Waals surface area contributed by atoms with Crippen molar-refractivity contribution in [2.45, 2.75) is 57.3 Å². The summed E-state index contributed by atoms with van der Waals surface area (Å²) in [6, 6.07) is 6.17. The first kappa shape index (κ1) is 18.8. The number of nitrogens with zero attached hydrogens (tertiary/aromatic N) is 2. The quantitative estimate of drug-likeness (QED) is 0.746. The van der Waals surface area contributed by atoms with Crippen molar-refractivity contribution >= 4 is 17.7 Å². The summed E-state index contributed by atoms with van der Waals surface area (Å²) in [7, 11) is 0. The largest absolute Gasteiger partial charge is 0.322 e. The molecule has 3 fully saturated rings. The van der Waals surface area contributed by atoms with Crippen LogP contribution < -0.4 is 10.6 Å². The Hall–Kier alpha value is -2.25. The fourth-order valence-electron chi connectivity index (χ4n) is 5.54. The lowest BCUT2D eigenvalue weighted by Crippen LogP contribution is -2.53. The number of amides is 3. The van der Waals surface area contributed by atoms with Crippen LogP contribution in [-0.4, -0.2) is 59.2 Å². The normalized spacial score (nSPS) is 30.1. The van der Waals surface area contributed by atoms with Crippen LogP contribution in [0.3, 0.4) is 0 Å². The van der Waals surface area contributed by atoms with Crippen LogP contribution in [0, 0.1) is 5.92 Å². The Morgan fingerprint density at radius 3 is 2.86 bits per heavy atom. The number of nitrogens with one attached hydrogen (secondary N) is 2. The van der Waals surface area contributed by atoms with Crippen LogP contribution >= 0.6 is 0 Å². The molecule has 4 aliphatic heterocycles. The van der Waals surface area contributed by atoms with Gasteiger partial charge in [0.15, 0.2) is 0 Å². The van der Waals surface area contributed by atoms with Gasteiger partial charge in [-0.25, -0.2) is 0 Å². The smallest absolute Gasteiger partial charge is 0.255 e. The number of carbonyl (C=O) groups excluding carboxylic acids is 3. The first-order valence-corrected chi connectivity index (χ1v) is 10.8. The predicted molar refractivity (Wildman–Crippen MR) is 107 cm³/mol. The number of piperidine rings is 3. The Kier molecular flexibility index (Phi) is 4.87. The van der Waals surface area contributed by atoms with Crippen molar-refractivity contribution in [3.8, 4) is 0 Å². The van der Waals surface area contributed by atoms with Gasteiger partial charge < -0.3 is 10.2 Å². The van der Waals surface area contributed by atoms with Gasteiger partial charge in [0.2, 0.25) is 11.8 Å². The minimum atomic E-state index is -0.549. The molecule has 3 amide bonds. The van der Waals surface area contributed by atoms with E-state index in [4.69, 9.17) is 0 Å². The van der Waals surface area contributed by atoms with Crippen molar-refractivity contribution in [1.29, 1.82) is 0 Å². The molecular weight excluding hydrogens is 368 g/mol. The molecule has 5 rings (SSSR count). The molecule has 7 nitrogen and oxygen atoms in total. The Morgan fingerprint density at radius 1 is 1.10 bits per heavy atom. The van der Waals surface area contributed by atoms with Crippen molar-refractivity contribution in [2.24, 2.45) is 5.92 Å². The molecule has 0 saturated carbocycles. The minimum absolute atomic E-state index is 0.101. The summed E-state index contributed by atoms with van der Waals surface area (Å²) >= 11 is 0. The first-order chi connectivity index (χ1) is 14.1. The molecular formula is C22H28N4O3. The maximum Gasteiger partial charge on any atom is 0.255 e. The van der Waals surface area contributed by atoms with E-state index in [-0.39, 0.29) is 24.1 Å². The molecule has 3 saturated heterocycles. The zero-order valence-corrected chi connectivity index (χ0v) is 16.7. The van der Waals surface area contributed by atoms with E-state index < -0.39 is 6.04 Å². The third kappa shape index (κ3) is 3.46. The second-order valence-corrected chi connectivity index (χ2v) is 8.82. The van der Waals surface area contributed by atoms with E-state index in [2.05, 4.69) is 27.7 Å². The summed E-state index contributed by atoms with van der Waals surface area (Å²) in [5.74, 6) is 0.0844. The third-order valence-electron chi connectivity index (χ3n) is 7.05. The molecule has 0 spiro atoms. The Balaban J connectivity index is 1.31. The summed E-state index contributed by atoms with van der Waals surface area (Å²) in [6.45, 7) is 4.68. The highest BCUT2D eigenvalue weighted by atomic mass is 16.2. The number of fused-ring (bicyclic) bond motifs is 2. The second kappa shape index (κ2) is 7.54. The van der Waals surface area contributed by atoms with E-state index in [0.717, 1.165) is 37.7 Å². The molecule has 0 aromatic heterocycles. The maximum absolute atomic E-state index is 12.9. The Morgan fingerprint density at radius 2 is 2.00 bits per heavy atom. The van der Waals surface area contributed by atoms with Gasteiger partial charge in [-0.2, -0.15) is 0 Å². The molecule has 7 heteroatoms. The highest BCUT2D eigenvalue weighted by Gasteiger charge is 2.39. The van der Waals surface area contributed by atoms with E-state index in [0.29, 0.717) is 24.6 Å². The van der Waals surface area contributed by atoms with Crippen LogP contribution in [0.5, 0.6) is 0 Å². The van der Waals surface area contributed by atoms with Gasteiger partial charge in [-0.3, -0.25) is 24.6 Å². The fourth-order valence-corrected chi connectivity index (χ4v) is 5.54. The number of rotatable bonds is 3. The molecule has 0 bridgehead atoms. The van der Waals surface area contributed by atoms with Gasteiger partial charge in [0.1, 0.15) is 6.04 Å². The van der Waals surface area contributed by atoms with Gasteiger partial charge in [-0.15, -0.1) is 0 Å². The molecule has 0 radical (unpaired) electrons. The number of hydrogen-bond acceptors (Lipinski definition) is 5. The van der Waals surface area contributed by atoms with Gasteiger partial charge in [-0.05, 0) is 61.9 Å². The monoisotopic (exact) mass is 396 g/mol. The third-order valence-corrected chi connectivity index (χ3v) is 7.05. The van der Waals surface area contributed by atoms with Crippen molar-refractivity contribution in [1.82, 2.24) is 20.4 Å². The molecule has 2 N–H and O–H groups in total. The van der Waals surface area contributed by atoms with Crippen molar-refractivity contribution in [3.05, 3.63) is 34.9 Å². The molecule has 154 valence electrons. The number of carbonyl (C=O) groups is 3. The van der Waals surface area contributed by atoms with Crippen LogP contribution in [0.1, 0.15) is 53.6 Å². The zero-order valence-electron chi connectivity index (χ0n) is 16.7. The van der Waals surface area contributed by atoms with Crippen molar-refractivity contribution in [2.75, 3.05) is 19.6 Å². The molecule has 4 aliphatic rings. The van der Waals surface area contributed by atoms with Gasteiger partial charge in [-0.1, -0.05) is 12.1 Å². The first-order valence-electron chi connectivity index (χ1n) is 10.8. The average molecular weight is 396 g/mol. The molecule has 4 heterocycles. The average Bonchev–Trinajstić information content (AvgIpc) is 3.04. The molecule has 1 aromatic rings. The topological polar surface area (TPSA) is 81.8 Å². The second-order valence-electron chi connectivity index (χ2n) is 8.82. The summed E-state index contributed by atoms with van der Waals surface area (Å²) < 4.78 is 0. The van der Waals surface area contributed by atoms with Gasteiger partial charge in [0.25, 0.3) is 5.91 Å². The summed E-state index contributed by atoms with van der Waals surface area (Å²) in [6.07, 6.45) is 4.55. The van der Waals surface area contributed by atoms with Crippen LogP contribution in [0.4, 0.5) is 0 Å². The predicted octanol–water partition coefficient (Wildman–Crippen LogP) is 1.02. The molecule has 3 atom stereocenters. The highest BCUT2D eigenvalue weighted by Crippen LogP contribution is 2.31. The number of hydrogen-bond donors (Lipinski definition) is 2.